The van der Waals surface area contributed by atoms with E-state index in [1.54, 1.807) is 50.1 Å². The first-order valence-corrected chi connectivity index (χ1v) is 12.5. The van der Waals surface area contributed by atoms with Crippen LogP contribution in [0.3, 0.4) is 0 Å². The van der Waals surface area contributed by atoms with Crippen LogP contribution in [0.2, 0.25) is 0 Å². The normalized spacial score (nSPS) is 21.3. The number of benzene rings is 2. The fourth-order valence-corrected chi connectivity index (χ4v) is 5.76. The third kappa shape index (κ3) is 5.37. The average molecular weight is 479 g/mol. The predicted octanol–water partition coefficient (Wildman–Crippen LogP) is 3.13. The monoisotopic (exact) mass is 478 g/mol. The molecule has 0 saturated heterocycles. The van der Waals surface area contributed by atoms with Crippen LogP contribution in [0.1, 0.15) is 27.2 Å². The average Bonchev–Trinajstić information content (AvgIpc) is 2.79. The zero-order valence-electron chi connectivity index (χ0n) is 19.4. The Bertz CT molecular complexity index is 1110. The van der Waals surface area contributed by atoms with Crippen molar-refractivity contribution < 1.29 is 27.4 Å². The standard InChI is InChI=1S/C24H31FN2O5S/c1-5-24(29)26(4)14-22-16(2)13-27(17(3)15-28)33(30,31)23-10-9-19(12-21(23)32-22)18-7-6-8-20(25)11-18/h6-12,16-17,22,28H,5,13-15H2,1-4H3/t16-,17+,22-/m0/s1. The summed E-state index contributed by atoms with van der Waals surface area (Å²) in [6.45, 7) is 5.37. The lowest BCUT2D eigenvalue weighted by Crippen LogP contribution is -2.50. The highest BCUT2D eigenvalue weighted by molar-refractivity contribution is 7.89. The Kier molecular flexibility index (Phi) is 7.76. The van der Waals surface area contributed by atoms with Gasteiger partial charge in [0, 0.05) is 32.0 Å². The largest absolute Gasteiger partial charge is 0.487 e. The van der Waals surface area contributed by atoms with Crippen LogP contribution in [-0.2, 0) is 14.8 Å². The van der Waals surface area contributed by atoms with E-state index in [1.807, 2.05) is 6.92 Å². The number of sulfonamides is 1. The van der Waals surface area contributed by atoms with Crippen molar-refractivity contribution in [2.45, 2.75) is 44.2 Å². The summed E-state index contributed by atoms with van der Waals surface area (Å²) < 4.78 is 48.4. The Morgan fingerprint density at radius 2 is 1.97 bits per heavy atom. The number of likely N-dealkylation sites (N-methyl/N-ethyl adjacent to an activating group) is 1. The van der Waals surface area contributed by atoms with E-state index in [4.69, 9.17) is 4.74 Å². The first-order chi connectivity index (χ1) is 15.6. The first-order valence-electron chi connectivity index (χ1n) is 11.0. The number of ether oxygens (including phenoxy) is 1. The third-order valence-electron chi connectivity index (χ3n) is 6.01. The summed E-state index contributed by atoms with van der Waals surface area (Å²) in [5.41, 5.74) is 1.19. The van der Waals surface area contributed by atoms with Gasteiger partial charge < -0.3 is 14.7 Å². The molecule has 2 aromatic carbocycles. The van der Waals surface area contributed by atoms with Gasteiger partial charge >= 0.3 is 0 Å². The molecule has 2 aromatic rings. The Morgan fingerprint density at radius 1 is 1.27 bits per heavy atom. The van der Waals surface area contributed by atoms with Crippen LogP contribution in [-0.4, -0.2) is 67.5 Å². The van der Waals surface area contributed by atoms with Crippen molar-refractivity contribution in [1.29, 1.82) is 0 Å². The van der Waals surface area contributed by atoms with Gasteiger partial charge in [-0.2, -0.15) is 4.31 Å². The molecule has 1 aliphatic heterocycles. The van der Waals surface area contributed by atoms with Gasteiger partial charge in [-0.1, -0.05) is 32.0 Å². The Labute approximate surface area is 194 Å². The topological polar surface area (TPSA) is 87.2 Å². The van der Waals surface area contributed by atoms with Gasteiger partial charge in [0.25, 0.3) is 0 Å². The third-order valence-corrected chi connectivity index (χ3v) is 8.03. The molecule has 0 saturated carbocycles. The van der Waals surface area contributed by atoms with Crippen molar-refractivity contribution in [2.24, 2.45) is 5.92 Å². The minimum Gasteiger partial charge on any atom is -0.487 e. The number of aliphatic hydroxyl groups excluding tert-OH is 1. The molecule has 1 amide bonds. The molecule has 7 nitrogen and oxygen atoms in total. The van der Waals surface area contributed by atoms with Crippen LogP contribution in [0.25, 0.3) is 11.1 Å². The molecule has 9 heteroatoms. The quantitative estimate of drug-likeness (QED) is 0.689. The summed E-state index contributed by atoms with van der Waals surface area (Å²) in [6, 6.07) is 10.0. The minimum atomic E-state index is -3.97. The first kappa shape index (κ1) is 25.1. The fraction of sp³-hybridized carbons (Fsp3) is 0.458. The molecule has 3 atom stereocenters. The number of carbonyl (C=O) groups is 1. The zero-order chi connectivity index (χ0) is 24.3. The summed E-state index contributed by atoms with van der Waals surface area (Å²) in [7, 11) is -2.28. The van der Waals surface area contributed by atoms with E-state index in [1.165, 1.54) is 22.5 Å². The highest BCUT2D eigenvalue weighted by atomic mass is 32.2. The van der Waals surface area contributed by atoms with Crippen molar-refractivity contribution in [3.05, 3.63) is 48.3 Å². The zero-order valence-corrected chi connectivity index (χ0v) is 20.2. The van der Waals surface area contributed by atoms with Gasteiger partial charge in [-0.3, -0.25) is 4.79 Å². The number of aliphatic hydroxyl groups is 1. The Morgan fingerprint density at radius 3 is 2.61 bits per heavy atom. The van der Waals surface area contributed by atoms with E-state index < -0.39 is 28.0 Å². The fourth-order valence-electron chi connectivity index (χ4n) is 3.93. The van der Waals surface area contributed by atoms with E-state index in [0.29, 0.717) is 17.5 Å². The second-order valence-electron chi connectivity index (χ2n) is 8.54. The molecule has 0 spiro atoms. The van der Waals surface area contributed by atoms with E-state index in [2.05, 4.69) is 0 Å². The van der Waals surface area contributed by atoms with Crippen LogP contribution in [0.15, 0.2) is 47.4 Å². The molecule has 180 valence electrons. The molecule has 0 fully saturated rings. The Hall–Kier alpha value is -2.49. The lowest BCUT2D eigenvalue weighted by molar-refractivity contribution is -0.131. The van der Waals surface area contributed by atoms with Crippen LogP contribution < -0.4 is 4.74 Å². The summed E-state index contributed by atoms with van der Waals surface area (Å²) in [5, 5.41) is 9.72. The molecule has 0 radical (unpaired) electrons. The predicted molar refractivity (Wildman–Crippen MR) is 124 cm³/mol. The molecule has 0 aliphatic carbocycles. The van der Waals surface area contributed by atoms with Gasteiger partial charge in [-0.05, 0) is 42.3 Å². The van der Waals surface area contributed by atoms with E-state index in [-0.39, 0.29) is 42.2 Å². The summed E-state index contributed by atoms with van der Waals surface area (Å²) >= 11 is 0. The number of fused-ring (bicyclic) bond motifs is 1. The van der Waals surface area contributed by atoms with Gasteiger partial charge in [-0.15, -0.1) is 0 Å². The maximum atomic E-state index is 13.8. The van der Waals surface area contributed by atoms with Crippen molar-refractivity contribution in [3.63, 3.8) is 0 Å². The molecule has 3 rings (SSSR count). The number of halogens is 1. The molecule has 0 bridgehead atoms. The molecule has 1 aliphatic rings. The summed E-state index contributed by atoms with van der Waals surface area (Å²) in [5.74, 6) is -0.579. The smallest absolute Gasteiger partial charge is 0.247 e. The number of hydrogen-bond acceptors (Lipinski definition) is 5. The SMILES string of the molecule is CCC(=O)N(C)C[C@@H]1Oc2cc(-c3cccc(F)c3)ccc2S(=O)(=O)N([C@H](C)CO)C[C@@H]1C. The molecule has 1 N–H and O–H groups in total. The maximum Gasteiger partial charge on any atom is 0.247 e. The maximum absolute atomic E-state index is 13.8. The highest BCUT2D eigenvalue weighted by Gasteiger charge is 2.38. The van der Waals surface area contributed by atoms with Crippen molar-refractivity contribution in [1.82, 2.24) is 9.21 Å². The van der Waals surface area contributed by atoms with Gasteiger partial charge in [0.1, 0.15) is 22.6 Å². The second-order valence-corrected chi connectivity index (χ2v) is 10.4. The van der Waals surface area contributed by atoms with E-state index >= 15 is 0 Å². The van der Waals surface area contributed by atoms with Gasteiger partial charge in [0.2, 0.25) is 15.9 Å². The number of rotatable bonds is 6. The molecule has 33 heavy (non-hydrogen) atoms. The van der Waals surface area contributed by atoms with Crippen molar-refractivity contribution in [2.75, 3.05) is 26.7 Å². The lowest BCUT2D eigenvalue weighted by Gasteiger charge is -2.37. The number of hydrogen-bond donors (Lipinski definition) is 1. The molecule has 0 aromatic heterocycles. The number of nitrogens with zero attached hydrogens (tertiary/aromatic N) is 2. The number of amides is 1. The Balaban J connectivity index is 2.12. The van der Waals surface area contributed by atoms with Crippen molar-refractivity contribution in [3.8, 4) is 16.9 Å². The minimum absolute atomic E-state index is 0.0238. The van der Waals surface area contributed by atoms with Gasteiger partial charge in [0.05, 0.1) is 13.2 Å². The summed E-state index contributed by atoms with van der Waals surface area (Å²) in [6.07, 6.45) is -0.143. The van der Waals surface area contributed by atoms with Crippen LogP contribution in [0.5, 0.6) is 5.75 Å². The van der Waals surface area contributed by atoms with Gasteiger partial charge in [0.15, 0.2) is 0 Å². The lowest BCUT2D eigenvalue weighted by atomic mass is 10.0. The molecule has 1 heterocycles. The number of carbonyl (C=O) groups excluding carboxylic acids is 1. The van der Waals surface area contributed by atoms with Crippen LogP contribution in [0.4, 0.5) is 4.39 Å². The van der Waals surface area contributed by atoms with Crippen molar-refractivity contribution >= 4 is 15.9 Å². The summed E-state index contributed by atoms with van der Waals surface area (Å²) in [4.78, 5) is 13.7. The molecular formula is C24H31FN2O5S. The van der Waals surface area contributed by atoms with E-state index in [0.717, 1.165) is 0 Å². The van der Waals surface area contributed by atoms with Crippen LogP contribution >= 0.6 is 0 Å². The molecule has 0 unspecified atom stereocenters. The van der Waals surface area contributed by atoms with Crippen LogP contribution in [0, 0.1) is 11.7 Å². The van der Waals surface area contributed by atoms with E-state index in [9.17, 15) is 22.7 Å². The van der Waals surface area contributed by atoms with Gasteiger partial charge in [-0.25, -0.2) is 12.8 Å². The highest BCUT2D eigenvalue weighted by Crippen LogP contribution is 2.36. The second kappa shape index (κ2) is 10.2. The molecular weight excluding hydrogens is 447 g/mol.